The zero-order chi connectivity index (χ0) is 14.9. The van der Waals surface area contributed by atoms with E-state index in [2.05, 4.69) is 14.9 Å². The minimum atomic E-state index is -4.84. The van der Waals surface area contributed by atoms with E-state index in [-0.39, 0.29) is 16.4 Å². The molecule has 5 nitrogen and oxygen atoms in total. The van der Waals surface area contributed by atoms with Crippen molar-refractivity contribution in [2.24, 2.45) is 0 Å². The third-order valence-corrected chi connectivity index (χ3v) is 2.56. The number of ether oxygens (including phenoxy) is 1. The summed E-state index contributed by atoms with van der Waals surface area (Å²) in [5.74, 6) is -1.75. The van der Waals surface area contributed by atoms with Crippen LogP contribution in [0.5, 0.6) is 5.75 Å². The lowest BCUT2D eigenvalue weighted by Gasteiger charge is -2.10. The SMILES string of the molecule is O=C(O)c1cc(-c2ccc(OC(F)(F)F)c(Cl)c2)n[nH]1. The van der Waals surface area contributed by atoms with Crippen LogP contribution in [0.2, 0.25) is 5.02 Å². The van der Waals surface area contributed by atoms with Crippen LogP contribution in [0.3, 0.4) is 0 Å². The van der Waals surface area contributed by atoms with Crippen molar-refractivity contribution in [2.45, 2.75) is 6.36 Å². The maximum Gasteiger partial charge on any atom is 0.573 e. The predicted octanol–water partition coefficient (Wildman–Crippen LogP) is 3.33. The van der Waals surface area contributed by atoms with Gasteiger partial charge in [0.15, 0.2) is 0 Å². The van der Waals surface area contributed by atoms with Crippen LogP contribution < -0.4 is 4.74 Å². The summed E-state index contributed by atoms with van der Waals surface area (Å²) in [7, 11) is 0. The number of carboxylic acids is 1. The number of rotatable bonds is 3. The molecule has 0 saturated heterocycles. The molecule has 1 aromatic carbocycles. The molecular weight excluding hydrogens is 301 g/mol. The Balaban J connectivity index is 2.30. The van der Waals surface area contributed by atoms with E-state index >= 15 is 0 Å². The molecule has 106 valence electrons. The minimum absolute atomic E-state index is 0.147. The van der Waals surface area contributed by atoms with Crippen molar-refractivity contribution >= 4 is 17.6 Å². The topological polar surface area (TPSA) is 75.2 Å². The lowest BCUT2D eigenvalue weighted by atomic mass is 10.1. The number of hydrogen-bond donors (Lipinski definition) is 2. The molecule has 0 bridgehead atoms. The zero-order valence-electron chi connectivity index (χ0n) is 9.53. The third kappa shape index (κ3) is 3.21. The normalized spacial score (nSPS) is 11.4. The summed E-state index contributed by atoms with van der Waals surface area (Å²) in [4.78, 5) is 10.7. The Morgan fingerprint density at radius 2 is 2.05 bits per heavy atom. The van der Waals surface area contributed by atoms with Crippen LogP contribution in [-0.4, -0.2) is 27.6 Å². The summed E-state index contributed by atoms with van der Waals surface area (Å²) in [5, 5.41) is 14.5. The maximum atomic E-state index is 12.1. The number of H-pyrrole nitrogens is 1. The molecule has 2 rings (SSSR count). The first-order chi connectivity index (χ1) is 9.26. The van der Waals surface area contributed by atoms with Gasteiger partial charge in [0.2, 0.25) is 0 Å². The number of hydrogen-bond acceptors (Lipinski definition) is 3. The van der Waals surface area contributed by atoms with Crippen LogP contribution in [0.4, 0.5) is 13.2 Å². The highest BCUT2D eigenvalue weighted by molar-refractivity contribution is 6.32. The van der Waals surface area contributed by atoms with Crippen LogP contribution in [0, 0.1) is 0 Å². The molecule has 0 radical (unpaired) electrons. The molecule has 0 amide bonds. The van der Waals surface area contributed by atoms with E-state index in [1.54, 1.807) is 0 Å². The Morgan fingerprint density at radius 1 is 1.35 bits per heavy atom. The lowest BCUT2D eigenvalue weighted by molar-refractivity contribution is -0.274. The predicted molar refractivity (Wildman–Crippen MR) is 62.7 cm³/mol. The van der Waals surface area contributed by atoms with E-state index in [1.807, 2.05) is 0 Å². The van der Waals surface area contributed by atoms with Crippen LogP contribution in [-0.2, 0) is 0 Å². The van der Waals surface area contributed by atoms with Gasteiger partial charge in [-0.25, -0.2) is 4.79 Å². The molecule has 0 aliphatic rings. The smallest absolute Gasteiger partial charge is 0.477 e. The Labute approximate surface area is 114 Å². The summed E-state index contributed by atoms with van der Waals surface area (Å²) >= 11 is 5.68. The molecule has 1 heterocycles. The van der Waals surface area contributed by atoms with E-state index < -0.39 is 18.1 Å². The monoisotopic (exact) mass is 306 g/mol. The number of nitrogens with one attached hydrogen (secondary N) is 1. The largest absolute Gasteiger partial charge is 0.573 e. The third-order valence-electron chi connectivity index (χ3n) is 2.26. The Kier molecular flexibility index (Phi) is 3.58. The Bertz CT molecular complexity index is 655. The summed E-state index contributed by atoms with van der Waals surface area (Å²) in [6, 6.07) is 4.75. The summed E-state index contributed by atoms with van der Waals surface area (Å²) in [6.07, 6.45) is -4.84. The zero-order valence-corrected chi connectivity index (χ0v) is 10.3. The molecule has 2 aromatic rings. The van der Waals surface area contributed by atoms with Crippen molar-refractivity contribution in [1.29, 1.82) is 0 Å². The number of benzene rings is 1. The van der Waals surface area contributed by atoms with Gasteiger partial charge in [-0.2, -0.15) is 5.10 Å². The Hall–Kier alpha value is -2.22. The number of aromatic amines is 1. The van der Waals surface area contributed by atoms with Crippen molar-refractivity contribution < 1.29 is 27.8 Å². The van der Waals surface area contributed by atoms with Crippen molar-refractivity contribution in [3.05, 3.63) is 35.0 Å². The number of aromatic nitrogens is 2. The van der Waals surface area contributed by atoms with Crippen LogP contribution in [0.15, 0.2) is 24.3 Å². The average Bonchev–Trinajstić information content (AvgIpc) is 2.79. The second-order valence-corrected chi connectivity index (χ2v) is 4.07. The molecule has 9 heteroatoms. The number of halogens is 4. The van der Waals surface area contributed by atoms with E-state index in [1.165, 1.54) is 18.2 Å². The first kappa shape index (κ1) is 14.2. The summed E-state index contributed by atoms with van der Waals surface area (Å²) in [6.45, 7) is 0. The second kappa shape index (κ2) is 5.04. The van der Waals surface area contributed by atoms with Crippen LogP contribution in [0.1, 0.15) is 10.5 Å². The number of nitrogens with zero attached hydrogens (tertiary/aromatic N) is 1. The van der Waals surface area contributed by atoms with Crippen LogP contribution >= 0.6 is 11.6 Å². The fourth-order valence-corrected chi connectivity index (χ4v) is 1.67. The molecule has 1 aromatic heterocycles. The Morgan fingerprint density at radius 3 is 2.55 bits per heavy atom. The number of carboxylic acid groups (broad SMARTS) is 1. The van der Waals surface area contributed by atoms with Gasteiger partial charge in [-0.15, -0.1) is 13.2 Å². The standard InChI is InChI=1S/C11H6ClF3N2O3/c12-6-3-5(1-2-9(6)20-11(13,14)15)7-4-8(10(18)19)17-16-7/h1-4H,(H,16,17)(H,18,19). The summed E-state index contributed by atoms with van der Waals surface area (Å²) < 4.78 is 39.9. The highest BCUT2D eigenvalue weighted by Gasteiger charge is 2.32. The molecule has 20 heavy (non-hydrogen) atoms. The molecule has 0 unspecified atom stereocenters. The molecular formula is C11H6ClF3N2O3. The quantitative estimate of drug-likeness (QED) is 0.912. The highest BCUT2D eigenvalue weighted by atomic mass is 35.5. The van der Waals surface area contributed by atoms with Gasteiger partial charge in [0, 0.05) is 5.56 Å². The van der Waals surface area contributed by atoms with Gasteiger partial charge in [-0.3, -0.25) is 5.10 Å². The van der Waals surface area contributed by atoms with Crippen molar-refractivity contribution in [3.63, 3.8) is 0 Å². The van der Waals surface area contributed by atoms with Gasteiger partial charge in [0.05, 0.1) is 10.7 Å². The fraction of sp³-hybridized carbons (Fsp3) is 0.0909. The molecule has 2 N–H and O–H groups in total. The lowest BCUT2D eigenvalue weighted by Crippen LogP contribution is -2.17. The fourth-order valence-electron chi connectivity index (χ4n) is 1.45. The first-order valence-electron chi connectivity index (χ1n) is 5.10. The average molecular weight is 307 g/mol. The maximum absolute atomic E-state index is 12.1. The second-order valence-electron chi connectivity index (χ2n) is 3.67. The number of alkyl halides is 3. The van der Waals surface area contributed by atoms with Gasteiger partial charge in [0.1, 0.15) is 11.4 Å². The number of aromatic carboxylic acids is 1. The molecule has 0 aliphatic carbocycles. The molecule has 0 spiro atoms. The molecule has 0 aliphatic heterocycles. The molecule has 0 saturated carbocycles. The highest BCUT2D eigenvalue weighted by Crippen LogP contribution is 2.33. The molecule has 0 fully saturated rings. The first-order valence-corrected chi connectivity index (χ1v) is 5.48. The van der Waals surface area contributed by atoms with Gasteiger partial charge >= 0.3 is 12.3 Å². The summed E-state index contributed by atoms with van der Waals surface area (Å²) in [5.41, 5.74) is 0.447. The van der Waals surface area contributed by atoms with E-state index in [4.69, 9.17) is 16.7 Å². The van der Waals surface area contributed by atoms with Crippen molar-refractivity contribution in [2.75, 3.05) is 0 Å². The van der Waals surface area contributed by atoms with Crippen LogP contribution in [0.25, 0.3) is 11.3 Å². The van der Waals surface area contributed by atoms with E-state index in [0.29, 0.717) is 5.56 Å². The van der Waals surface area contributed by atoms with Crippen molar-refractivity contribution in [3.8, 4) is 17.0 Å². The van der Waals surface area contributed by atoms with Gasteiger partial charge < -0.3 is 9.84 Å². The van der Waals surface area contributed by atoms with Gasteiger partial charge in [-0.1, -0.05) is 11.6 Å². The van der Waals surface area contributed by atoms with Crippen molar-refractivity contribution in [1.82, 2.24) is 10.2 Å². The van der Waals surface area contributed by atoms with E-state index in [0.717, 1.165) is 6.07 Å². The van der Waals surface area contributed by atoms with Gasteiger partial charge in [-0.05, 0) is 24.3 Å². The van der Waals surface area contributed by atoms with E-state index in [9.17, 15) is 18.0 Å². The van der Waals surface area contributed by atoms with Gasteiger partial charge in [0.25, 0.3) is 0 Å². The minimum Gasteiger partial charge on any atom is -0.477 e. The molecule has 0 atom stereocenters. The number of carbonyl (C=O) groups is 1.